The van der Waals surface area contributed by atoms with Crippen LogP contribution in [0.25, 0.3) is 11.2 Å². The van der Waals surface area contributed by atoms with Crippen molar-refractivity contribution in [2.45, 2.75) is 25.4 Å². The average Bonchev–Trinajstić information content (AvgIpc) is 3.35. The van der Waals surface area contributed by atoms with Gasteiger partial charge < -0.3 is 14.4 Å². The zero-order valence-electron chi connectivity index (χ0n) is 17.3. The number of hydrogen-bond donors (Lipinski definition) is 0. The van der Waals surface area contributed by atoms with Crippen LogP contribution in [0.5, 0.6) is 5.75 Å². The molecular weight excluding hydrogens is 384 g/mol. The standard InChI is InChI=1S/C22H26N4O4/c1-29-13-12-25-19-4-3-10-23-21(19)26(22(25)28)17-9-11-24(15-17)20(27)14-16-5-7-18(30-2)8-6-16/h3-8,10,17H,9,11-15H2,1-2H3/t17-/m1/s1. The molecule has 8 heteroatoms. The molecule has 0 bridgehead atoms. The minimum atomic E-state index is -0.102. The van der Waals surface area contributed by atoms with Crippen molar-refractivity contribution in [3.63, 3.8) is 0 Å². The SMILES string of the molecule is COCCn1c(=O)n([C@@H]2CCN(C(=O)Cc3ccc(OC)cc3)C2)c2ncccc21. The van der Waals surface area contributed by atoms with Gasteiger partial charge in [-0.15, -0.1) is 0 Å². The zero-order valence-corrected chi connectivity index (χ0v) is 17.3. The van der Waals surface area contributed by atoms with Crippen LogP contribution in [0.1, 0.15) is 18.0 Å². The molecule has 1 aromatic carbocycles. The highest BCUT2D eigenvalue weighted by Crippen LogP contribution is 2.25. The monoisotopic (exact) mass is 410 g/mol. The van der Waals surface area contributed by atoms with Gasteiger partial charge in [0.25, 0.3) is 0 Å². The first kappa shape index (κ1) is 20.2. The lowest BCUT2D eigenvalue weighted by molar-refractivity contribution is -0.129. The number of imidazole rings is 1. The highest BCUT2D eigenvalue weighted by molar-refractivity contribution is 5.79. The molecule has 1 aliphatic rings. The van der Waals surface area contributed by atoms with Crippen molar-refractivity contribution in [3.8, 4) is 5.75 Å². The molecule has 3 aromatic rings. The van der Waals surface area contributed by atoms with Crippen molar-refractivity contribution in [3.05, 3.63) is 58.6 Å². The summed E-state index contributed by atoms with van der Waals surface area (Å²) in [6, 6.07) is 11.2. The van der Waals surface area contributed by atoms with Crippen LogP contribution in [-0.2, 0) is 22.5 Å². The summed E-state index contributed by atoms with van der Waals surface area (Å²) in [6.45, 7) is 2.06. The highest BCUT2D eigenvalue weighted by Gasteiger charge is 2.30. The smallest absolute Gasteiger partial charge is 0.330 e. The van der Waals surface area contributed by atoms with Gasteiger partial charge >= 0.3 is 5.69 Å². The molecule has 1 atom stereocenters. The molecule has 158 valence electrons. The minimum absolute atomic E-state index is 0.0618. The minimum Gasteiger partial charge on any atom is -0.497 e. The Bertz CT molecular complexity index is 1090. The molecule has 0 radical (unpaired) electrons. The molecule has 0 spiro atoms. The fraction of sp³-hybridized carbons (Fsp3) is 0.409. The Morgan fingerprint density at radius 1 is 1.20 bits per heavy atom. The summed E-state index contributed by atoms with van der Waals surface area (Å²) in [5, 5.41) is 0. The van der Waals surface area contributed by atoms with E-state index in [1.54, 1.807) is 29.6 Å². The Morgan fingerprint density at radius 3 is 2.73 bits per heavy atom. The predicted octanol–water partition coefficient (Wildman–Crippen LogP) is 1.87. The third-order valence-electron chi connectivity index (χ3n) is 5.64. The number of carbonyl (C=O) groups excluding carboxylic acids is 1. The van der Waals surface area contributed by atoms with E-state index < -0.39 is 0 Å². The second-order valence-corrected chi connectivity index (χ2v) is 7.45. The number of amides is 1. The molecule has 0 saturated carbocycles. The van der Waals surface area contributed by atoms with Crippen molar-refractivity contribution < 1.29 is 14.3 Å². The largest absolute Gasteiger partial charge is 0.497 e. The number of hydrogen-bond acceptors (Lipinski definition) is 5. The summed E-state index contributed by atoms with van der Waals surface area (Å²) in [5.41, 5.74) is 2.30. The number of methoxy groups -OCH3 is 2. The average molecular weight is 410 g/mol. The van der Waals surface area contributed by atoms with E-state index in [9.17, 15) is 9.59 Å². The Morgan fingerprint density at radius 2 is 2.00 bits per heavy atom. The fourth-order valence-corrected chi connectivity index (χ4v) is 4.05. The normalized spacial score (nSPS) is 16.3. The maximum atomic E-state index is 13.1. The second kappa shape index (κ2) is 8.71. The van der Waals surface area contributed by atoms with Gasteiger partial charge in [0.2, 0.25) is 5.91 Å². The lowest BCUT2D eigenvalue weighted by Gasteiger charge is -2.17. The highest BCUT2D eigenvalue weighted by atomic mass is 16.5. The van der Waals surface area contributed by atoms with Gasteiger partial charge in [-0.25, -0.2) is 9.78 Å². The van der Waals surface area contributed by atoms with E-state index in [0.29, 0.717) is 38.3 Å². The molecule has 1 saturated heterocycles. The third kappa shape index (κ3) is 3.82. The van der Waals surface area contributed by atoms with Crippen LogP contribution >= 0.6 is 0 Å². The second-order valence-electron chi connectivity index (χ2n) is 7.45. The summed E-state index contributed by atoms with van der Waals surface area (Å²) in [5.74, 6) is 0.830. The first-order valence-corrected chi connectivity index (χ1v) is 10.1. The van der Waals surface area contributed by atoms with Gasteiger partial charge in [-0.3, -0.25) is 13.9 Å². The maximum Gasteiger partial charge on any atom is 0.330 e. The van der Waals surface area contributed by atoms with Crippen LogP contribution in [0, 0.1) is 0 Å². The molecule has 0 N–H and O–H groups in total. The van der Waals surface area contributed by atoms with Crippen LogP contribution in [0.3, 0.4) is 0 Å². The number of ether oxygens (including phenoxy) is 2. The van der Waals surface area contributed by atoms with E-state index >= 15 is 0 Å². The quantitative estimate of drug-likeness (QED) is 0.594. The van der Waals surface area contributed by atoms with Crippen molar-refractivity contribution >= 4 is 17.1 Å². The molecule has 4 rings (SSSR count). The molecule has 1 amide bonds. The van der Waals surface area contributed by atoms with Crippen LogP contribution in [0.15, 0.2) is 47.4 Å². The molecule has 1 aliphatic heterocycles. The molecule has 2 aromatic heterocycles. The number of pyridine rings is 1. The third-order valence-corrected chi connectivity index (χ3v) is 5.64. The number of rotatable bonds is 7. The van der Waals surface area contributed by atoms with Crippen LogP contribution in [0.2, 0.25) is 0 Å². The van der Waals surface area contributed by atoms with E-state index in [2.05, 4.69) is 4.98 Å². The molecule has 8 nitrogen and oxygen atoms in total. The van der Waals surface area contributed by atoms with Crippen molar-refractivity contribution in [2.75, 3.05) is 33.9 Å². The van der Waals surface area contributed by atoms with E-state index in [4.69, 9.17) is 9.47 Å². The lowest BCUT2D eigenvalue weighted by Crippen LogP contribution is -2.33. The van der Waals surface area contributed by atoms with Crippen molar-refractivity contribution in [1.82, 2.24) is 19.0 Å². The zero-order chi connectivity index (χ0) is 21.1. The molecular formula is C22H26N4O4. The molecule has 0 unspecified atom stereocenters. The van der Waals surface area contributed by atoms with Gasteiger partial charge in [-0.2, -0.15) is 0 Å². The first-order chi connectivity index (χ1) is 14.6. The number of aromatic nitrogens is 3. The van der Waals surface area contributed by atoms with Gasteiger partial charge in [0.05, 0.1) is 38.2 Å². The number of fused-ring (bicyclic) bond motifs is 1. The van der Waals surface area contributed by atoms with Crippen molar-refractivity contribution in [1.29, 1.82) is 0 Å². The topological polar surface area (TPSA) is 78.6 Å². The van der Waals surface area contributed by atoms with E-state index in [0.717, 1.165) is 23.3 Å². The summed E-state index contributed by atoms with van der Waals surface area (Å²) < 4.78 is 13.8. The lowest BCUT2D eigenvalue weighted by atomic mass is 10.1. The first-order valence-electron chi connectivity index (χ1n) is 10.1. The van der Waals surface area contributed by atoms with Gasteiger partial charge in [0.1, 0.15) is 5.75 Å². The van der Waals surface area contributed by atoms with Crippen molar-refractivity contribution in [2.24, 2.45) is 0 Å². The molecule has 30 heavy (non-hydrogen) atoms. The Labute approximate surface area is 174 Å². The summed E-state index contributed by atoms with van der Waals surface area (Å²) in [4.78, 5) is 32.2. The Hall–Kier alpha value is -3.13. The summed E-state index contributed by atoms with van der Waals surface area (Å²) in [7, 11) is 3.24. The van der Waals surface area contributed by atoms with Gasteiger partial charge in [-0.05, 0) is 36.2 Å². The van der Waals surface area contributed by atoms with E-state index in [1.165, 1.54) is 0 Å². The molecule has 3 heterocycles. The summed E-state index contributed by atoms with van der Waals surface area (Å²) >= 11 is 0. The van der Waals surface area contributed by atoms with E-state index in [1.807, 2.05) is 41.3 Å². The predicted molar refractivity (Wildman–Crippen MR) is 113 cm³/mol. The number of carbonyl (C=O) groups is 1. The number of nitrogens with zero attached hydrogens (tertiary/aromatic N) is 4. The number of likely N-dealkylation sites (tertiary alicyclic amines) is 1. The summed E-state index contributed by atoms with van der Waals surface area (Å²) in [6.07, 6.45) is 2.76. The van der Waals surface area contributed by atoms with Gasteiger partial charge in [-0.1, -0.05) is 12.1 Å². The van der Waals surface area contributed by atoms with E-state index in [-0.39, 0.29) is 17.6 Å². The van der Waals surface area contributed by atoms with Gasteiger partial charge in [0.15, 0.2) is 5.65 Å². The van der Waals surface area contributed by atoms with Crippen LogP contribution in [0.4, 0.5) is 0 Å². The Kier molecular flexibility index (Phi) is 5.85. The Balaban J connectivity index is 1.52. The van der Waals surface area contributed by atoms with Crippen LogP contribution in [-0.4, -0.2) is 58.8 Å². The fourth-order valence-electron chi connectivity index (χ4n) is 4.05. The van der Waals surface area contributed by atoms with Gasteiger partial charge in [0, 0.05) is 26.4 Å². The molecule has 1 fully saturated rings. The number of benzene rings is 1. The maximum absolute atomic E-state index is 13.1. The van der Waals surface area contributed by atoms with Crippen LogP contribution < -0.4 is 10.4 Å². The molecule has 0 aliphatic carbocycles.